The van der Waals surface area contributed by atoms with Gasteiger partial charge in [0, 0.05) is 51.0 Å². The minimum Gasteiger partial charge on any atom is -0.379 e. The number of rotatable bonds is 6. The molecule has 3 rings (SSSR count). The van der Waals surface area contributed by atoms with Crippen LogP contribution in [0, 0.1) is 0 Å². The number of aromatic nitrogens is 2. The third kappa shape index (κ3) is 4.07. The first-order valence-corrected chi connectivity index (χ1v) is 9.40. The van der Waals surface area contributed by atoms with Crippen LogP contribution in [0.5, 0.6) is 0 Å². The van der Waals surface area contributed by atoms with E-state index in [0.717, 1.165) is 50.3 Å². The number of benzene rings is 1. The van der Waals surface area contributed by atoms with Gasteiger partial charge < -0.3 is 15.1 Å². The van der Waals surface area contributed by atoms with E-state index in [1.165, 1.54) is 15.9 Å². The fourth-order valence-electron chi connectivity index (χ4n) is 3.44. The molecular formula is C20H29N5O. The van der Waals surface area contributed by atoms with Gasteiger partial charge in [-0.2, -0.15) is 5.10 Å². The Kier molecular flexibility index (Phi) is 5.93. The second kappa shape index (κ2) is 8.36. The molecule has 2 heterocycles. The Morgan fingerprint density at radius 1 is 1.12 bits per heavy atom. The first kappa shape index (κ1) is 18.5. The van der Waals surface area contributed by atoms with E-state index in [9.17, 15) is 4.79 Å². The van der Waals surface area contributed by atoms with E-state index in [1.54, 1.807) is 13.2 Å². The molecular weight excluding hydrogens is 326 g/mol. The third-order valence-corrected chi connectivity index (χ3v) is 5.04. The summed E-state index contributed by atoms with van der Waals surface area (Å²) in [7, 11) is 3.87. The Balaban J connectivity index is 1.79. The van der Waals surface area contributed by atoms with Gasteiger partial charge in [0.25, 0.3) is 5.56 Å². The Bertz CT molecular complexity index is 793. The lowest BCUT2D eigenvalue weighted by Crippen LogP contribution is -2.44. The van der Waals surface area contributed by atoms with Crippen LogP contribution in [0.2, 0.25) is 0 Å². The van der Waals surface area contributed by atoms with Gasteiger partial charge in [0.05, 0.1) is 11.9 Å². The molecule has 6 nitrogen and oxygen atoms in total. The van der Waals surface area contributed by atoms with Crippen molar-refractivity contribution >= 4 is 11.4 Å². The van der Waals surface area contributed by atoms with E-state index in [2.05, 4.69) is 58.5 Å². The van der Waals surface area contributed by atoms with Crippen molar-refractivity contribution in [2.24, 2.45) is 7.05 Å². The summed E-state index contributed by atoms with van der Waals surface area (Å²) in [5.41, 5.74) is 4.19. The average Bonchev–Trinajstić information content (AvgIpc) is 2.66. The van der Waals surface area contributed by atoms with Gasteiger partial charge in [-0.1, -0.05) is 31.5 Å². The highest BCUT2D eigenvalue weighted by atomic mass is 16.1. The lowest BCUT2D eigenvalue weighted by Gasteiger charge is -2.35. The summed E-state index contributed by atoms with van der Waals surface area (Å²) in [5.74, 6) is 0. The van der Waals surface area contributed by atoms with Crippen molar-refractivity contribution in [1.82, 2.24) is 14.7 Å². The van der Waals surface area contributed by atoms with Crippen LogP contribution >= 0.6 is 0 Å². The van der Waals surface area contributed by atoms with Gasteiger partial charge in [-0.25, -0.2) is 4.68 Å². The maximum Gasteiger partial charge on any atom is 0.271 e. The molecule has 26 heavy (non-hydrogen) atoms. The molecule has 1 aliphatic heterocycles. The summed E-state index contributed by atoms with van der Waals surface area (Å²) in [5, 5.41) is 7.64. The topological polar surface area (TPSA) is 53.4 Å². The Morgan fingerprint density at radius 3 is 2.58 bits per heavy atom. The smallest absolute Gasteiger partial charge is 0.271 e. The van der Waals surface area contributed by atoms with Crippen molar-refractivity contribution in [2.75, 3.05) is 43.4 Å². The van der Waals surface area contributed by atoms with Crippen molar-refractivity contribution in [3.8, 4) is 0 Å². The molecule has 1 aliphatic rings. The third-order valence-electron chi connectivity index (χ3n) is 5.04. The van der Waals surface area contributed by atoms with E-state index in [-0.39, 0.29) is 5.56 Å². The highest BCUT2D eigenvalue weighted by Gasteiger charge is 2.17. The van der Waals surface area contributed by atoms with Crippen molar-refractivity contribution in [1.29, 1.82) is 0 Å². The predicted octanol–water partition coefficient (Wildman–Crippen LogP) is 2.10. The Morgan fingerprint density at radius 2 is 1.85 bits per heavy atom. The van der Waals surface area contributed by atoms with Crippen LogP contribution in [-0.2, 0) is 20.0 Å². The van der Waals surface area contributed by atoms with Crippen LogP contribution in [0.1, 0.15) is 24.5 Å². The minimum atomic E-state index is -0.01000. The SMILES string of the molecule is CCCc1c(NCc2ccccc2N2CCN(C)CC2)cnn(C)c1=O. The number of anilines is 2. The van der Waals surface area contributed by atoms with Gasteiger partial charge in [0.15, 0.2) is 0 Å². The first-order chi connectivity index (χ1) is 12.6. The number of piperazine rings is 1. The molecule has 0 atom stereocenters. The summed E-state index contributed by atoms with van der Waals surface area (Å²) in [4.78, 5) is 17.2. The highest BCUT2D eigenvalue weighted by Crippen LogP contribution is 2.23. The lowest BCUT2D eigenvalue weighted by atomic mass is 10.1. The molecule has 140 valence electrons. The van der Waals surface area contributed by atoms with Crippen LogP contribution in [0.4, 0.5) is 11.4 Å². The number of nitrogens with one attached hydrogen (secondary N) is 1. The molecule has 0 unspecified atom stereocenters. The zero-order chi connectivity index (χ0) is 18.5. The molecule has 0 aliphatic carbocycles. The van der Waals surface area contributed by atoms with E-state index in [4.69, 9.17) is 0 Å². The molecule has 1 N–H and O–H groups in total. The molecule has 2 aromatic rings. The van der Waals surface area contributed by atoms with Gasteiger partial charge in [-0.3, -0.25) is 4.79 Å². The Labute approximate surface area is 155 Å². The predicted molar refractivity (Wildman–Crippen MR) is 107 cm³/mol. The number of nitrogens with zero attached hydrogens (tertiary/aromatic N) is 4. The molecule has 6 heteroatoms. The minimum absolute atomic E-state index is 0.01000. The van der Waals surface area contributed by atoms with Crippen LogP contribution in [0.3, 0.4) is 0 Å². The fraction of sp³-hybridized carbons (Fsp3) is 0.500. The molecule has 1 aromatic carbocycles. The maximum absolute atomic E-state index is 12.4. The quantitative estimate of drug-likeness (QED) is 0.860. The van der Waals surface area contributed by atoms with Crippen LogP contribution in [-0.4, -0.2) is 47.9 Å². The zero-order valence-corrected chi connectivity index (χ0v) is 16.0. The van der Waals surface area contributed by atoms with Gasteiger partial charge >= 0.3 is 0 Å². The maximum atomic E-state index is 12.4. The van der Waals surface area contributed by atoms with Crippen molar-refractivity contribution < 1.29 is 0 Å². The van der Waals surface area contributed by atoms with Gasteiger partial charge in [0.2, 0.25) is 0 Å². The fourth-order valence-corrected chi connectivity index (χ4v) is 3.44. The molecule has 0 amide bonds. The summed E-state index contributed by atoms with van der Waals surface area (Å²) in [6, 6.07) is 8.53. The first-order valence-electron chi connectivity index (χ1n) is 9.40. The normalized spacial score (nSPS) is 15.3. The molecule has 0 radical (unpaired) electrons. The second-order valence-electron chi connectivity index (χ2n) is 6.99. The van der Waals surface area contributed by atoms with Gasteiger partial charge in [0.1, 0.15) is 0 Å². The summed E-state index contributed by atoms with van der Waals surface area (Å²) < 4.78 is 1.41. The monoisotopic (exact) mass is 355 g/mol. The number of hydrogen-bond donors (Lipinski definition) is 1. The summed E-state index contributed by atoms with van der Waals surface area (Å²) in [6.45, 7) is 7.03. The number of para-hydroxylation sites is 1. The van der Waals surface area contributed by atoms with E-state index in [1.807, 2.05) is 0 Å². The second-order valence-corrected chi connectivity index (χ2v) is 6.99. The standard InChI is InChI=1S/C20H29N5O/c1-4-7-17-18(15-22-24(3)20(17)26)21-14-16-8-5-6-9-19(16)25-12-10-23(2)11-13-25/h5-6,8-9,15,21H,4,7,10-14H2,1-3H3. The summed E-state index contributed by atoms with van der Waals surface area (Å²) in [6.07, 6.45) is 3.47. The molecule has 0 bridgehead atoms. The van der Waals surface area contributed by atoms with Gasteiger partial charge in [-0.15, -0.1) is 0 Å². The highest BCUT2D eigenvalue weighted by molar-refractivity contribution is 5.56. The van der Waals surface area contributed by atoms with Crippen molar-refractivity contribution in [2.45, 2.75) is 26.3 Å². The van der Waals surface area contributed by atoms with Gasteiger partial charge in [-0.05, 0) is 25.1 Å². The largest absolute Gasteiger partial charge is 0.379 e. The number of hydrogen-bond acceptors (Lipinski definition) is 5. The van der Waals surface area contributed by atoms with Crippen LogP contribution in [0.15, 0.2) is 35.3 Å². The molecule has 1 saturated heterocycles. The van der Waals surface area contributed by atoms with E-state index in [0.29, 0.717) is 6.54 Å². The average molecular weight is 355 g/mol. The summed E-state index contributed by atoms with van der Waals surface area (Å²) >= 11 is 0. The molecule has 1 aromatic heterocycles. The zero-order valence-electron chi connectivity index (χ0n) is 16.0. The van der Waals surface area contributed by atoms with Crippen molar-refractivity contribution in [3.63, 3.8) is 0 Å². The molecule has 1 fully saturated rings. The molecule has 0 spiro atoms. The van der Waals surface area contributed by atoms with Crippen LogP contribution < -0.4 is 15.8 Å². The van der Waals surface area contributed by atoms with Crippen LogP contribution in [0.25, 0.3) is 0 Å². The molecule has 0 saturated carbocycles. The lowest BCUT2D eigenvalue weighted by molar-refractivity contribution is 0.312. The number of likely N-dealkylation sites (N-methyl/N-ethyl adjacent to an activating group) is 1. The van der Waals surface area contributed by atoms with Crippen molar-refractivity contribution in [3.05, 3.63) is 51.9 Å². The van der Waals surface area contributed by atoms with E-state index >= 15 is 0 Å². The van der Waals surface area contributed by atoms with E-state index < -0.39 is 0 Å². The number of aryl methyl sites for hydroxylation is 1. The Hall–Kier alpha value is -2.34.